The number of hydrogen-bond donors (Lipinski definition) is 1. The summed E-state index contributed by atoms with van der Waals surface area (Å²) in [6.07, 6.45) is 0. The van der Waals surface area contributed by atoms with Crippen LogP contribution in [0.5, 0.6) is 0 Å². The summed E-state index contributed by atoms with van der Waals surface area (Å²) in [6, 6.07) is 18.6. The maximum Gasteiger partial charge on any atom is 0.0991 e. The van der Waals surface area contributed by atoms with Gasteiger partial charge >= 0.3 is 0 Å². The van der Waals surface area contributed by atoms with E-state index in [1.807, 2.05) is 31.3 Å². The molecule has 1 N–H and O–H groups in total. The van der Waals surface area contributed by atoms with Crippen molar-refractivity contribution in [3.63, 3.8) is 0 Å². The normalized spacial score (nSPS) is 11.8. The third-order valence-electron chi connectivity index (χ3n) is 3.17. The summed E-state index contributed by atoms with van der Waals surface area (Å²) in [5.41, 5.74) is 4.18. The molecule has 2 heteroatoms. The lowest BCUT2D eigenvalue weighted by Crippen LogP contribution is -2.11. The zero-order valence-corrected chi connectivity index (χ0v) is 10.6. The first kappa shape index (κ1) is 12.3. The first-order chi connectivity index (χ1) is 8.74. The van der Waals surface area contributed by atoms with Gasteiger partial charge in [-0.1, -0.05) is 36.4 Å². The summed E-state index contributed by atoms with van der Waals surface area (Å²) in [5.74, 6) is 0. The molecule has 2 aromatic rings. The number of rotatable bonds is 3. The van der Waals surface area contributed by atoms with Crippen LogP contribution in [0.3, 0.4) is 0 Å². The average Bonchev–Trinajstić information content (AvgIpc) is 2.46. The van der Waals surface area contributed by atoms with E-state index in [9.17, 15) is 0 Å². The monoisotopic (exact) mass is 236 g/mol. The van der Waals surface area contributed by atoms with E-state index in [1.165, 1.54) is 5.56 Å². The molecule has 18 heavy (non-hydrogen) atoms. The van der Waals surface area contributed by atoms with E-state index in [2.05, 4.69) is 42.6 Å². The minimum Gasteiger partial charge on any atom is -0.313 e. The Morgan fingerprint density at radius 2 is 1.78 bits per heavy atom. The molecule has 0 aliphatic heterocycles. The molecule has 0 aliphatic carbocycles. The van der Waals surface area contributed by atoms with Crippen LogP contribution in [-0.4, -0.2) is 7.05 Å². The second-order valence-electron chi connectivity index (χ2n) is 4.32. The van der Waals surface area contributed by atoms with E-state index in [-0.39, 0.29) is 0 Å². The highest BCUT2D eigenvalue weighted by molar-refractivity contribution is 5.65. The third kappa shape index (κ3) is 2.58. The van der Waals surface area contributed by atoms with E-state index < -0.39 is 0 Å². The quantitative estimate of drug-likeness (QED) is 0.885. The summed E-state index contributed by atoms with van der Waals surface area (Å²) in [5, 5.41) is 12.1. The van der Waals surface area contributed by atoms with Crippen LogP contribution < -0.4 is 5.32 Å². The Morgan fingerprint density at radius 3 is 2.39 bits per heavy atom. The van der Waals surface area contributed by atoms with Gasteiger partial charge in [-0.15, -0.1) is 0 Å². The molecular formula is C16H16N2. The van der Waals surface area contributed by atoms with Crippen LogP contribution in [0.1, 0.15) is 24.1 Å². The van der Waals surface area contributed by atoms with Gasteiger partial charge in [0, 0.05) is 6.04 Å². The lowest BCUT2D eigenvalue weighted by Gasteiger charge is -2.11. The van der Waals surface area contributed by atoms with Gasteiger partial charge in [0.1, 0.15) is 0 Å². The number of hydrogen-bond acceptors (Lipinski definition) is 2. The molecule has 0 radical (unpaired) electrons. The van der Waals surface area contributed by atoms with Crippen LogP contribution in [0.25, 0.3) is 11.1 Å². The summed E-state index contributed by atoms with van der Waals surface area (Å²) < 4.78 is 0. The van der Waals surface area contributed by atoms with Gasteiger partial charge in [0.25, 0.3) is 0 Å². The SMILES string of the molecule is CNC(C)c1ccc(-c2cccc(C#N)c2)cc1. The number of benzene rings is 2. The molecular weight excluding hydrogens is 220 g/mol. The highest BCUT2D eigenvalue weighted by Crippen LogP contribution is 2.22. The molecule has 0 aromatic heterocycles. The van der Waals surface area contributed by atoms with Gasteiger partial charge < -0.3 is 5.32 Å². The van der Waals surface area contributed by atoms with Gasteiger partial charge in [-0.25, -0.2) is 0 Å². The molecule has 0 bridgehead atoms. The molecule has 0 fully saturated rings. The van der Waals surface area contributed by atoms with Crippen molar-refractivity contribution < 1.29 is 0 Å². The van der Waals surface area contributed by atoms with Crippen molar-refractivity contribution in [2.75, 3.05) is 7.05 Å². The molecule has 0 aliphatic rings. The van der Waals surface area contributed by atoms with Gasteiger partial charge in [-0.05, 0) is 42.8 Å². The van der Waals surface area contributed by atoms with E-state index >= 15 is 0 Å². The van der Waals surface area contributed by atoms with Crippen LogP contribution in [-0.2, 0) is 0 Å². The largest absolute Gasteiger partial charge is 0.313 e. The van der Waals surface area contributed by atoms with Gasteiger partial charge in [-0.3, -0.25) is 0 Å². The molecule has 90 valence electrons. The van der Waals surface area contributed by atoms with Crippen LogP contribution in [0.15, 0.2) is 48.5 Å². The zero-order valence-electron chi connectivity index (χ0n) is 10.6. The first-order valence-electron chi connectivity index (χ1n) is 6.02. The average molecular weight is 236 g/mol. The van der Waals surface area contributed by atoms with Crippen molar-refractivity contribution in [2.45, 2.75) is 13.0 Å². The molecule has 2 rings (SSSR count). The Labute approximate surface area is 108 Å². The molecule has 0 amide bonds. The minimum absolute atomic E-state index is 0.351. The first-order valence-corrected chi connectivity index (χ1v) is 6.02. The summed E-state index contributed by atoms with van der Waals surface area (Å²) in [6.45, 7) is 2.13. The third-order valence-corrected chi connectivity index (χ3v) is 3.17. The second-order valence-corrected chi connectivity index (χ2v) is 4.32. The second kappa shape index (κ2) is 5.48. The number of nitriles is 1. The van der Waals surface area contributed by atoms with E-state index in [1.54, 1.807) is 0 Å². The molecule has 2 aromatic carbocycles. The Morgan fingerprint density at radius 1 is 1.06 bits per heavy atom. The Kier molecular flexibility index (Phi) is 3.76. The van der Waals surface area contributed by atoms with Gasteiger partial charge in [-0.2, -0.15) is 5.26 Å². The maximum absolute atomic E-state index is 8.90. The van der Waals surface area contributed by atoms with Crippen molar-refractivity contribution in [1.29, 1.82) is 5.26 Å². The van der Waals surface area contributed by atoms with Crippen LogP contribution in [0.2, 0.25) is 0 Å². The highest BCUT2D eigenvalue weighted by Gasteiger charge is 2.03. The predicted octanol–water partition coefficient (Wildman–Crippen LogP) is 3.51. The maximum atomic E-state index is 8.90. The van der Waals surface area contributed by atoms with Gasteiger partial charge in [0.15, 0.2) is 0 Å². The molecule has 0 spiro atoms. The van der Waals surface area contributed by atoms with Crippen molar-refractivity contribution in [2.24, 2.45) is 0 Å². The summed E-state index contributed by atoms with van der Waals surface area (Å²) in [4.78, 5) is 0. The lowest BCUT2D eigenvalue weighted by atomic mass is 10.0. The highest BCUT2D eigenvalue weighted by atomic mass is 14.8. The smallest absolute Gasteiger partial charge is 0.0991 e. The molecule has 1 unspecified atom stereocenters. The molecule has 0 heterocycles. The van der Waals surface area contributed by atoms with Crippen LogP contribution >= 0.6 is 0 Å². The van der Waals surface area contributed by atoms with Crippen molar-refractivity contribution in [3.05, 3.63) is 59.7 Å². The Hall–Kier alpha value is -2.11. The molecule has 0 saturated carbocycles. The van der Waals surface area contributed by atoms with Crippen LogP contribution in [0, 0.1) is 11.3 Å². The summed E-state index contributed by atoms with van der Waals surface area (Å²) >= 11 is 0. The molecule has 0 saturated heterocycles. The molecule has 1 atom stereocenters. The van der Waals surface area contributed by atoms with Crippen molar-refractivity contribution >= 4 is 0 Å². The van der Waals surface area contributed by atoms with Gasteiger partial charge in [0.05, 0.1) is 11.6 Å². The van der Waals surface area contributed by atoms with E-state index in [0.29, 0.717) is 11.6 Å². The Bertz CT molecular complexity index is 564. The van der Waals surface area contributed by atoms with Crippen molar-refractivity contribution in [3.8, 4) is 17.2 Å². The lowest BCUT2D eigenvalue weighted by molar-refractivity contribution is 0.652. The summed E-state index contributed by atoms with van der Waals surface area (Å²) in [7, 11) is 1.95. The Balaban J connectivity index is 2.32. The minimum atomic E-state index is 0.351. The fourth-order valence-electron chi connectivity index (χ4n) is 1.90. The van der Waals surface area contributed by atoms with E-state index in [4.69, 9.17) is 5.26 Å². The predicted molar refractivity (Wildman–Crippen MR) is 74.1 cm³/mol. The van der Waals surface area contributed by atoms with Crippen molar-refractivity contribution in [1.82, 2.24) is 5.32 Å². The fraction of sp³-hybridized carbons (Fsp3) is 0.188. The molecule has 2 nitrogen and oxygen atoms in total. The van der Waals surface area contributed by atoms with Gasteiger partial charge in [0.2, 0.25) is 0 Å². The zero-order chi connectivity index (χ0) is 13.0. The standard InChI is InChI=1S/C16H16N2/c1-12(18-2)14-6-8-15(9-7-14)16-5-3-4-13(10-16)11-17/h3-10,12,18H,1-2H3. The number of nitrogens with zero attached hydrogens (tertiary/aromatic N) is 1. The number of nitrogens with one attached hydrogen (secondary N) is 1. The topological polar surface area (TPSA) is 35.8 Å². The van der Waals surface area contributed by atoms with Crippen LogP contribution in [0.4, 0.5) is 0 Å². The van der Waals surface area contributed by atoms with E-state index in [0.717, 1.165) is 11.1 Å². The fourth-order valence-corrected chi connectivity index (χ4v) is 1.90.